The maximum atomic E-state index is 13.6. The average Bonchev–Trinajstić information content (AvgIpc) is 3.41. The first-order chi connectivity index (χ1) is 16.5. The van der Waals surface area contributed by atoms with Crippen LogP contribution in [-0.2, 0) is 18.8 Å². The molecule has 0 aliphatic carbocycles. The third-order valence-corrected chi connectivity index (χ3v) is 6.65. The molecular weight excluding hydrogens is 492 g/mol. The normalized spacial score (nSPS) is 20.2. The first kappa shape index (κ1) is 24.8. The van der Waals surface area contributed by atoms with Gasteiger partial charge in [0.25, 0.3) is 0 Å². The van der Waals surface area contributed by atoms with Crippen LogP contribution in [0.1, 0.15) is 48.9 Å². The summed E-state index contributed by atoms with van der Waals surface area (Å²) in [5.41, 5.74) is 0.447. The number of benzene rings is 2. The summed E-state index contributed by atoms with van der Waals surface area (Å²) < 4.78 is 88.9. The van der Waals surface area contributed by atoms with E-state index in [9.17, 15) is 26.0 Å². The molecule has 2 fully saturated rings. The van der Waals surface area contributed by atoms with Crippen molar-refractivity contribution in [3.8, 4) is 0 Å². The zero-order valence-corrected chi connectivity index (χ0v) is 19.1. The van der Waals surface area contributed by atoms with Gasteiger partial charge in [0.2, 0.25) is 0 Å². The molecule has 0 spiro atoms. The molecule has 0 unspecified atom stereocenters. The van der Waals surface area contributed by atoms with Gasteiger partial charge in [-0.05, 0) is 61.1 Å². The molecule has 2 atom stereocenters. The lowest BCUT2D eigenvalue weighted by atomic mass is 10.0. The number of hydrogen-bond acceptors (Lipinski definition) is 6. The highest BCUT2D eigenvalue weighted by molar-refractivity contribution is 7.82. The van der Waals surface area contributed by atoms with E-state index in [1.54, 1.807) is 0 Å². The Balaban J connectivity index is 1.44. The molecule has 188 valence electrons. The maximum absolute atomic E-state index is 13.6. The van der Waals surface area contributed by atoms with Gasteiger partial charge >= 0.3 is 22.4 Å². The highest BCUT2D eigenvalue weighted by Gasteiger charge is 2.35. The molecular formula is C22H22F4N4O4S. The van der Waals surface area contributed by atoms with Gasteiger partial charge in [0, 0.05) is 25.2 Å². The summed E-state index contributed by atoms with van der Waals surface area (Å²) in [6, 6.07) is 2.79. The molecule has 0 bridgehead atoms. The lowest BCUT2D eigenvalue weighted by Gasteiger charge is -2.28. The number of nitrogens with one attached hydrogen (secondary N) is 2. The van der Waals surface area contributed by atoms with Crippen LogP contribution in [0.4, 0.5) is 17.6 Å². The van der Waals surface area contributed by atoms with Gasteiger partial charge in [0.1, 0.15) is 23.3 Å². The van der Waals surface area contributed by atoms with Gasteiger partial charge in [-0.1, -0.05) is 0 Å². The van der Waals surface area contributed by atoms with E-state index >= 15 is 0 Å². The highest BCUT2D eigenvalue weighted by atomic mass is 32.3. The molecule has 2 aliphatic heterocycles. The minimum Gasteiger partial charge on any atom is -0.319 e. The van der Waals surface area contributed by atoms with Crippen LogP contribution in [0, 0.1) is 34.1 Å². The Morgan fingerprint density at radius 1 is 0.714 bits per heavy atom. The van der Waals surface area contributed by atoms with E-state index in [1.165, 1.54) is 9.80 Å². The Bertz CT molecular complexity index is 1130. The molecule has 2 aromatic rings. The molecule has 2 aromatic carbocycles. The molecule has 2 saturated heterocycles. The minimum atomic E-state index is -4.93. The summed E-state index contributed by atoms with van der Waals surface area (Å²) in [6.07, 6.45) is 1.85. The number of rotatable bonds is 4. The van der Waals surface area contributed by atoms with Crippen LogP contribution in [0.15, 0.2) is 36.4 Å². The van der Waals surface area contributed by atoms with Crippen molar-refractivity contribution in [1.82, 2.24) is 9.80 Å². The van der Waals surface area contributed by atoms with Gasteiger partial charge in [0.05, 0.1) is 12.1 Å². The van der Waals surface area contributed by atoms with Gasteiger partial charge in [-0.15, -0.1) is 8.42 Å². The quantitative estimate of drug-likeness (QED) is 0.357. The van der Waals surface area contributed by atoms with E-state index in [2.05, 4.69) is 0 Å². The average molecular weight is 515 g/mol. The molecule has 8 nitrogen and oxygen atoms in total. The first-order valence-electron chi connectivity index (χ1n) is 10.8. The van der Waals surface area contributed by atoms with Crippen molar-refractivity contribution in [3.63, 3.8) is 0 Å². The van der Waals surface area contributed by atoms with Crippen molar-refractivity contribution in [2.45, 2.75) is 37.8 Å². The fourth-order valence-corrected chi connectivity index (χ4v) is 5.17. The van der Waals surface area contributed by atoms with Crippen molar-refractivity contribution < 1.29 is 34.3 Å². The molecule has 35 heavy (non-hydrogen) atoms. The van der Waals surface area contributed by atoms with Crippen molar-refractivity contribution in [1.29, 1.82) is 10.8 Å². The molecule has 0 radical (unpaired) electrons. The van der Waals surface area contributed by atoms with Crippen LogP contribution in [0.3, 0.4) is 0 Å². The maximum Gasteiger partial charge on any atom is 0.506 e. The molecule has 2 aliphatic rings. The van der Waals surface area contributed by atoms with E-state index in [0.717, 1.165) is 24.3 Å². The smallest absolute Gasteiger partial charge is 0.319 e. The Morgan fingerprint density at radius 2 is 1.06 bits per heavy atom. The molecule has 4 rings (SSSR count). The predicted octanol–water partition coefficient (Wildman–Crippen LogP) is 4.36. The van der Waals surface area contributed by atoms with E-state index in [4.69, 9.17) is 19.2 Å². The van der Waals surface area contributed by atoms with E-state index in [0.29, 0.717) is 37.8 Å². The van der Waals surface area contributed by atoms with Gasteiger partial charge < -0.3 is 18.2 Å². The zero-order valence-electron chi connectivity index (χ0n) is 18.3. The topological polar surface area (TPSA) is 107 Å². The van der Waals surface area contributed by atoms with Gasteiger partial charge in [-0.25, -0.2) is 17.6 Å². The van der Waals surface area contributed by atoms with Crippen molar-refractivity contribution in [3.05, 3.63) is 70.8 Å². The monoisotopic (exact) mass is 514 g/mol. The molecule has 2 heterocycles. The van der Waals surface area contributed by atoms with Crippen LogP contribution in [0.2, 0.25) is 0 Å². The van der Waals surface area contributed by atoms with Crippen molar-refractivity contribution >= 4 is 22.4 Å². The lowest BCUT2D eigenvalue weighted by Crippen LogP contribution is -2.37. The number of hydrogen-bond donors (Lipinski definition) is 2. The summed E-state index contributed by atoms with van der Waals surface area (Å²) in [6.45, 7) is 0.405. The summed E-state index contributed by atoms with van der Waals surface area (Å²) in [4.78, 5) is 2.46. The van der Waals surface area contributed by atoms with Crippen molar-refractivity contribution in [2.24, 2.45) is 0 Å². The fraction of sp³-hybridized carbons (Fsp3) is 0.364. The molecule has 0 aromatic heterocycles. The Labute approximate surface area is 199 Å². The fourth-order valence-electron chi connectivity index (χ4n) is 4.55. The zero-order chi connectivity index (χ0) is 25.3. The number of amidine groups is 2. The summed E-state index contributed by atoms with van der Waals surface area (Å²) in [5.74, 6) is -3.21. The first-order valence-corrected chi connectivity index (χ1v) is 12.1. The summed E-state index contributed by atoms with van der Waals surface area (Å²) in [5, 5.41) is 16.2. The van der Waals surface area contributed by atoms with E-state index < -0.39 is 57.8 Å². The number of likely N-dealkylation sites (tertiary alicyclic amines) is 2. The molecule has 0 amide bonds. The van der Waals surface area contributed by atoms with E-state index in [1.807, 2.05) is 0 Å². The largest absolute Gasteiger partial charge is 0.506 e. The second kappa shape index (κ2) is 9.72. The molecule has 13 heteroatoms. The number of halogens is 4. The van der Waals surface area contributed by atoms with Crippen molar-refractivity contribution in [2.75, 3.05) is 13.1 Å². The Kier molecular flexibility index (Phi) is 6.88. The van der Waals surface area contributed by atoms with Gasteiger partial charge in [-0.2, -0.15) is 0 Å². The highest BCUT2D eigenvalue weighted by Crippen LogP contribution is 2.35. The minimum absolute atomic E-state index is 0.202. The number of nitrogens with zero attached hydrogens (tertiary/aromatic N) is 2. The van der Waals surface area contributed by atoms with Gasteiger partial charge in [0.15, 0.2) is 0 Å². The second-order valence-electron chi connectivity index (χ2n) is 8.29. The summed E-state index contributed by atoms with van der Waals surface area (Å²) in [7, 11) is -4.93. The van der Waals surface area contributed by atoms with E-state index in [-0.39, 0.29) is 24.2 Å². The Hall–Kier alpha value is -3.35. The third kappa shape index (κ3) is 5.66. The van der Waals surface area contributed by atoms with Crippen LogP contribution in [-0.4, -0.2) is 43.4 Å². The Morgan fingerprint density at radius 3 is 1.40 bits per heavy atom. The lowest BCUT2D eigenvalue weighted by molar-refractivity contribution is 0.272. The van der Waals surface area contributed by atoms with Crippen LogP contribution < -0.4 is 0 Å². The van der Waals surface area contributed by atoms with Gasteiger partial charge in [-0.3, -0.25) is 10.8 Å². The standard InChI is InChI=1S/C22H22F4N4O4S/c23-15-7-13(8-16(24)11-15)19-3-1-5-29(19)21(27)33-35(31,32)34-22(28)30-6-2-4-20(30)14-9-17(25)12-18(26)10-14/h7-12,19-20,27-28H,1-6H2/t19-,20-/m1/s1. The molecule has 0 saturated carbocycles. The van der Waals surface area contributed by atoms with Crippen LogP contribution >= 0.6 is 0 Å². The molecule has 2 N–H and O–H groups in total. The second-order valence-corrected chi connectivity index (χ2v) is 9.44. The van der Waals surface area contributed by atoms with Crippen LogP contribution in [0.5, 0.6) is 0 Å². The SMILES string of the molecule is N=C(OS(=O)(=O)OC(=N)N1CCC[C@@H]1c1cc(F)cc(F)c1)N1CCC[C@@H]1c1cc(F)cc(F)c1. The predicted molar refractivity (Wildman–Crippen MR) is 117 cm³/mol. The third-order valence-electron chi connectivity index (χ3n) is 5.93. The summed E-state index contributed by atoms with van der Waals surface area (Å²) >= 11 is 0. The van der Waals surface area contributed by atoms with Crippen LogP contribution in [0.25, 0.3) is 0 Å².